The second-order valence-corrected chi connectivity index (χ2v) is 2.82. The second-order valence-electron chi connectivity index (χ2n) is 2.82. The first-order valence-corrected chi connectivity index (χ1v) is 3.93. The van der Waals surface area contributed by atoms with E-state index in [9.17, 15) is 0 Å². The maximum atomic E-state index is 4.36. The summed E-state index contributed by atoms with van der Waals surface area (Å²) in [5.41, 5.74) is 2.20. The van der Waals surface area contributed by atoms with Gasteiger partial charge in [0.25, 0.3) is 0 Å². The maximum Gasteiger partial charge on any atom is 0.230 e. The lowest BCUT2D eigenvalue weighted by atomic mass is 10.3. The van der Waals surface area contributed by atoms with Crippen molar-refractivity contribution >= 4 is 23.2 Å². The Labute approximate surface area is 69.4 Å². The predicted octanol–water partition coefficient (Wildman–Crippen LogP) is 1.75. The zero-order valence-corrected chi connectivity index (χ0v) is 6.44. The summed E-state index contributed by atoms with van der Waals surface area (Å²) in [5.74, 6) is 0.830. The van der Waals surface area contributed by atoms with Crippen molar-refractivity contribution in [3.8, 4) is 0 Å². The summed E-state index contributed by atoms with van der Waals surface area (Å²) >= 11 is 0. The molecule has 0 fully saturated rings. The molecule has 3 rings (SSSR count). The molecule has 0 atom stereocenters. The Morgan fingerprint density at radius 2 is 2.17 bits per heavy atom. The molecule has 2 aromatic rings. The van der Waals surface area contributed by atoms with Crippen molar-refractivity contribution in [2.45, 2.75) is 6.54 Å². The van der Waals surface area contributed by atoms with Gasteiger partial charge >= 0.3 is 0 Å². The minimum absolute atomic E-state index is 0.830. The fraction of sp³-hybridized carbons (Fsp3) is 0.111. The Morgan fingerprint density at radius 1 is 1.25 bits per heavy atom. The molecule has 3 nitrogen and oxygen atoms in total. The van der Waals surface area contributed by atoms with E-state index in [2.05, 4.69) is 20.6 Å². The fourth-order valence-corrected chi connectivity index (χ4v) is 1.55. The molecule has 1 aromatic carbocycles. The number of nitrogens with zero attached hydrogens (tertiary/aromatic N) is 3. The highest BCUT2D eigenvalue weighted by Crippen LogP contribution is 2.23. The van der Waals surface area contributed by atoms with Crippen LogP contribution in [0.25, 0.3) is 11.0 Å². The van der Waals surface area contributed by atoms with E-state index in [-0.39, 0.29) is 0 Å². The van der Waals surface area contributed by atoms with Crippen molar-refractivity contribution in [3.63, 3.8) is 0 Å². The van der Waals surface area contributed by atoms with Crippen molar-refractivity contribution < 1.29 is 0 Å². The van der Waals surface area contributed by atoms with Gasteiger partial charge in [-0.1, -0.05) is 12.1 Å². The Kier molecular flexibility index (Phi) is 0.961. The monoisotopic (exact) mass is 157 g/mol. The highest BCUT2D eigenvalue weighted by molar-refractivity contribution is 5.82. The van der Waals surface area contributed by atoms with Crippen LogP contribution in [0.5, 0.6) is 0 Å². The van der Waals surface area contributed by atoms with Crippen LogP contribution in [0.1, 0.15) is 0 Å². The normalized spacial score (nSPS) is 14.0. The summed E-state index contributed by atoms with van der Waals surface area (Å²) in [6, 6.07) is 8.10. The third-order valence-electron chi connectivity index (χ3n) is 2.11. The molecule has 0 N–H and O–H groups in total. The molecule has 1 aliphatic heterocycles. The number of aliphatic imine (C=N–C) groups is 1. The molecule has 0 saturated heterocycles. The molecular weight excluding hydrogens is 150 g/mol. The third-order valence-corrected chi connectivity index (χ3v) is 2.11. The van der Waals surface area contributed by atoms with Gasteiger partial charge in [-0.2, -0.15) is 0 Å². The van der Waals surface area contributed by atoms with Gasteiger partial charge in [-0.05, 0) is 12.1 Å². The molecule has 0 saturated carbocycles. The topological polar surface area (TPSA) is 30.2 Å². The zero-order chi connectivity index (χ0) is 7.97. The predicted molar refractivity (Wildman–Crippen MR) is 47.9 cm³/mol. The highest BCUT2D eigenvalue weighted by Gasteiger charge is 2.10. The van der Waals surface area contributed by atoms with Crippen LogP contribution in [0.15, 0.2) is 29.3 Å². The molecule has 0 bridgehead atoms. The van der Waals surface area contributed by atoms with E-state index < -0.39 is 0 Å². The lowest BCUT2D eigenvalue weighted by Crippen LogP contribution is -1.90. The van der Waals surface area contributed by atoms with Crippen LogP contribution < -0.4 is 0 Å². The SMILES string of the molecule is C1=Nc2nc3ccccc3n2C1. The van der Waals surface area contributed by atoms with Crippen LogP contribution in [-0.2, 0) is 6.54 Å². The quantitative estimate of drug-likeness (QED) is 0.573. The largest absolute Gasteiger partial charge is 0.303 e. The summed E-state index contributed by atoms with van der Waals surface area (Å²) in [6.07, 6.45) is 1.88. The van der Waals surface area contributed by atoms with Gasteiger partial charge < -0.3 is 4.57 Å². The van der Waals surface area contributed by atoms with E-state index in [1.54, 1.807) is 0 Å². The van der Waals surface area contributed by atoms with Crippen molar-refractivity contribution in [1.29, 1.82) is 0 Å². The average Bonchev–Trinajstić information content (AvgIpc) is 2.62. The van der Waals surface area contributed by atoms with Gasteiger partial charge in [0.05, 0.1) is 17.6 Å². The van der Waals surface area contributed by atoms with Gasteiger partial charge in [-0.15, -0.1) is 0 Å². The van der Waals surface area contributed by atoms with Crippen molar-refractivity contribution in [2.24, 2.45) is 4.99 Å². The lowest BCUT2D eigenvalue weighted by molar-refractivity contribution is 0.934. The number of aromatic nitrogens is 2. The number of imidazole rings is 1. The first kappa shape index (κ1) is 5.94. The van der Waals surface area contributed by atoms with Crippen molar-refractivity contribution in [1.82, 2.24) is 9.55 Å². The van der Waals surface area contributed by atoms with E-state index in [1.807, 2.05) is 24.4 Å². The fourth-order valence-electron chi connectivity index (χ4n) is 1.55. The van der Waals surface area contributed by atoms with Gasteiger partial charge in [-0.3, -0.25) is 0 Å². The summed E-state index contributed by atoms with van der Waals surface area (Å²) in [6.45, 7) is 0.857. The van der Waals surface area contributed by atoms with E-state index in [1.165, 1.54) is 5.52 Å². The molecule has 3 heteroatoms. The molecule has 0 unspecified atom stereocenters. The number of para-hydroxylation sites is 2. The molecule has 0 aliphatic carbocycles. The Balaban J connectivity index is 2.49. The van der Waals surface area contributed by atoms with Gasteiger partial charge in [0.2, 0.25) is 5.95 Å². The number of hydrogen-bond acceptors (Lipinski definition) is 2. The van der Waals surface area contributed by atoms with Gasteiger partial charge in [0.1, 0.15) is 0 Å². The smallest absolute Gasteiger partial charge is 0.230 e. The molecular formula is C9H7N3. The van der Waals surface area contributed by atoms with Crippen LogP contribution in [0.2, 0.25) is 0 Å². The van der Waals surface area contributed by atoms with E-state index in [4.69, 9.17) is 0 Å². The molecule has 0 amide bonds. The van der Waals surface area contributed by atoms with E-state index in [0.717, 1.165) is 18.0 Å². The number of rotatable bonds is 0. The Bertz CT molecular complexity index is 468. The molecule has 1 aliphatic rings. The minimum Gasteiger partial charge on any atom is -0.303 e. The first-order chi connectivity index (χ1) is 5.95. The first-order valence-electron chi connectivity index (χ1n) is 3.93. The second kappa shape index (κ2) is 1.94. The standard InChI is InChI=1S/C9H7N3/c1-2-4-8-7(3-1)11-9-10-5-6-12(8)9/h1-5H,6H2. The van der Waals surface area contributed by atoms with E-state index in [0.29, 0.717) is 0 Å². The van der Waals surface area contributed by atoms with Crippen molar-refractivity contribution in [3.05, 3.63) is 24.3 Å². The molecule has 2 heterocycles. The highest BCUT2D eigenvalue weighted by atomic mass is 15.2. The Morgan fingerprint density at radius 3 is 3.17 bits per heavy atom. The van der Waals surface area contributed by atoms with Crippen LogP contribution in [0.3, 0.4) is 0 Å². The molecule has 12 heavy (non-hydrogen) atoms. The Hall–Kier alpha value is -1.64. The summed E-state index contributed by atoms with van der Waals surface area (Å²) < 4.78 is 2.11. The van der Waals surface area contributed by atoms with Crippen LogP contribution in [0.4, 0.5) is 5.95 Å². The molecule has 1 aromatic heterocycles. The van der Waals surface area contributed by atoms with E-state index >= 15 is 0 Å². The summed E-state index contributed by atoms with van der Waals surface area (Å²) in [7, 11) is 0. The molecule has 58 valence electrons. The molecule has 0 radical (unpaired) electrons. The average molecular weight is 157 g/mol. The van der Waals surface area contributed by atoms with Crippen LogP contribution in [-0.4, -0.2) is 15.8 Å². The van der Waals surface area contributed by atoms with Crippen LogP contribution >= 0.6 is 0 Å². The van der Waals surface area contributed by atoms with Crippen LogP contribution in [0, 0.1) is 0 Å². The minimum atomic E-state index is 0.830. The van der Waals surface area contributed by atoms with Gasteiger partial charge in [0, 0.05) is 6.21 Å². The van der Waals surface area contributed by atoms with Gasteiger partial charge in [-0.25, -0.2) is 9.98 Å². The molecule has 0 spiro atoms. The zero-order valence-electron chi connectivity index (χ0n) is 6.44. The lowest BCUT2D eigenvalue weighted by Gasteiger charge is -1.94. The number of benzene rings is 1. The van der Waals surface area contributed by atoms with Gasteiger partial charge in [0.15, 0.2) is 0 Å². The summed E-state index contributed by atoms with van der Waals surface area (Å²) in [4.78, 5) is 8.52. The van der Waals surface area contributed by atoms with Crippen molar-refractivity contribution in [2.75, 3.05) is 0 Å². The maximum absolute atomic E-state index is 4.36. The number of fused-ring (bicyclic) bond motifs is 3. The number of hydrogen-bond donors (Lipinski definition) is 0. The summed E-state index contributed by atoms with van der Waals surface area (Å²) in [5, 5.41) is 0. The third kappa shape index (κ3) is 0.605.